The maximum atomic E-state index is 2.47. The Bertz CT molecular complexity index is 4760. The largest absolute Gasteiger partial charge is 0.309 e. The average molecular weight is 1010 g/mol. The monoisotopic (exact) mass is 1010 g/mol. The van der Waals surface area contributed by atoms with E-state index in [-0.39, 0.29) is 0 Å². The van der Waals surface area contributed by atoms with Crippen LogP contribution in [0.15, 0.2) is 273 Å². The first-order valence-corrected chi connectivity index (χ1v) is 27.4. The van der Waals surface area contributed by atoms with Gasteiger partial charge in [-0.3, -0.25) is 0 Å². The van der Waals surface area contributed by atoms with Crippen molar-refractivity contribution in [3.63, 3.8) is 0 Å². The molecule has 3 nitrogen and oxygen atoms in total. The van der Waals surface area contributed by atoms with Gasteiger partial charge >= 0.3 is 0 Å². The van der Waals surface area contributed by atoms with E-state index in [0.29, 0.717) is 0 Å². The topological polar surface area (TPSA) is 14.8 Å². The SMILES string of the molecule is Cc1cc(-c2ccc3c(c2)c2cc(-c4cc(C)cc(-n5c6ccccc6c6ccccc65)c4)ccc2n3-c2ccc(-c3c4ccccc4c(-c4ccccc4)c4ccccc34)cc2)cc(-n2c3ccccc3c3ccccc32)c1. The van der Waals surface area contributed by atoms with Gasteiger partial charge in [0.2, 0.25) is 0 Å². The highest BCUT2D eigenvalue weighted by atomic mass is 15.0. The van der Waals surface area contributed by atoms with Crippen LogP contribution in [-0.4, -0.2) is 13.7 Å². The predicted octanol–water partition coefficient (Wildman–Crippen LogP) is 20.6. The van der Waals surface area contributed by atoms with Gasteiger partial charge in [-0.15, -0.1) is 0 Å². The van der Waals surface area contributed by atoms with Crippen molar-refractivity contribution in [2.24, 2.45) is 0 Å². The maximum Gasteiger partial charge on any atom is 0.0541 e. The van der Waals surface area contributed by atoms with E-state index in [1.807, 2.05) is 0 Å². The standard InChI is InChI=1S/C76H51N3/c1-48-40-54(44-57(42-48)78-69-28-14-10-20-59(69)60-21-11-15-29-70(60)78)52-34-38-73-67(46-52)68-47-53(55-41-49(2)43-58(45-55)79-71-30-16-12-22-61(71)62-23-13-17-31-72(62)79)35-39-74(68)77(73)56-36-32-51(33-37-56)76-65-26-8-6-24-63(65)75(50-18-4-3-5-19-50)64-25-7-9-27-66(64)76/h3-47H,1-2H3. The molecule has 79 heavy (non-hydrogen) atoms. The number of nitrogens with zero attached hydrogens (tertiary/aromatic N) is 3. The molecule has 0 atom stereocenters. The Labute approximate surface area is 457 Å². The van der Waals surface area contributed by atoms with E-state index in [2.05, 4.69) is 301 Å². The molecule has 16 rings (SSSR count). The molecule has 3 heteroatoms. The molecule has 0 aliphatic carbocycles. The number of aryl methyl sites for hydroxylation is 2. The minimum atomic E-state index is 1.12. The highest BCUT2D eigenvalue weighted by molar-refractivity contribution is 6.21. The maximum absolute atomic E-state index is 2.47. The van der Waals surface area contributed by atoms with Crippen molar-refractivity contribution in [2.75, 3.05) is 0 Å². The summed E-state index contributed by atoms with van der Waals surface area (Å²) in [6, 6.07) is 101. The van der Waals surface area contributed by atoms with E-state index < -0.39 is 0 Å². The second kappa shape index (κ2) is 17.7. The molecule has 13 aromatic carbocycles. The molecule has 370 valence electrons. The summed E-state index contributed by atoms with van der Waals surface area (Å²) < 4.78 is 7.33. The van der Waals surface area contributed by atoms with Crippen LogP contribution in [-0.2, 0) is 0 Å². The minimum Gasteiger partial charge on any atom is -0.309 e. The van der Waals surface area contributed by atoms with Crippen molar-refractivity contribution < 1.29 is 0 Å². The summed E-state index contributed by atoms with van der Waals surface area (Å²) in [4.78, 5) is 0. The number of hydrogen-bond donors (Lipinski definition) is 0. The third kappa shape index (κ3) is 7.06. The van der Waals surface area contributed by atoms with Gasteiger partial charge in [-0.2, -0.15) is 0 Å². The summed E-state index contributed by atoms with van der Waals surface area (Å²) in [6.07, 6.45) is 0. The van der Waals surface area contributed by atoms with Crippen LogP contribution < -0.4 is 0 Å². The summed E-state index contributed by atoms with van der Waals surface area (Å²) in [7, 11) is 0. The summed E-state index contributed by atoms with van der Waals surface area (Å²) in [5.74, 6) is 0. The lowest BCUT2D eigenvalue weighted by atomic mass is 9.86. The molecule has 0 bridgehead atoms. The normalized spacial score (nSPS) is 11.9. The first kappa shape index (κ1) is 45.0. The van der Waals surface area contributed by atoms with Crippen LogP contribution >= 0.6 is 0 Å². The zero-order chi connectivity index (χ0) is 52.3. The Kier molecular flexibility index (Phi) is 10.1. The molecule has 0 saturated carbocycles. The molecular weight excluding hydrogens is 955 g/mol. The van der Waals surface area contributed by atoms with Crippen molar-refractivity contribution in [2.45, 2.75) is 13.8 Å². The molecule has 0 N–H and O–H groups in total. The summed E-state index contributed by atoms with van der Waals surface area (Å²) in [6.45, 7) is 4.44. The molecule has 0 unspecified atom stereocenters. The Morgan fingerprint density at radius 2 is 0.494 bits per heavy atom. The Balaban J connectivity index is 0.886. The molecular formula is C76H51N3. The molecule has 16 aromatic rings. The van der Waals surface area contributed by atoms with Crippen LogP contribution in [0, 0.1) is 13.8 Å². The van der Waals surface area contributed by atoms with E-state index in [9.17, 15) is 0 Å². The van der Waals surface area contributed by atoms with Gasteiger partial charge in [0.15, 0.2) is 0 Å². The fraction of sp³-hybridized carbons (Fsp3) is 0.0263. The number of fused-ring (bicyclic) bond motifs is 11. The minimum absolute atomic E-state index is 1.12. The number of benzene rings is 13. The predicted molar refractivity (Wildman–Crippen MR) is 336 cm³/mol. The van der Waals surface area contributed by atoms with Gasteiger partial charge in [0.25, 0.3) is 0 Å². The average Bonchev–Trinajstić information content (AvgIpc) is 4.28. The fourth-order valence-electron chi connectivity index (χ4n) is 13.3. The molecule has 3 heterocycles. The lowest BCUT2D eigenvalue weighted by Crippen LogP contribution is -1.96. The van der Waals surface area contributed by atoms with E-state index in [0.717, 1.165) is 28.1 Å². The van der Waals surface area contributed by atoms with E-state index in [1.165, 1.54) is 132 Å². The first-order valence-electron chi connectivity index (χ1n) is 27.4. The van der Waals surface area contributed by atoms with E-state index in [1.54, 1.807) is 0 Å². The van der Waals surface area contributed by atoms with Crippen LogP contribution in [0.1, 0.15) is 11.1 Å². The van der Waals surface area contributed by atoms with E-state index >= 15 is 0 Å². The molecule has 0 amide bonds. The number of aromatic nitrogens is 3. The van der Waals surface area contributed by atoms with Gasteiger partial charge in [0.1, 0.15) is 0 Å². The summed E-state index contributed by atoms with van der Waals surface area (Å²) in [5.41, 5.74) is 22.7. The van der Waals surface area contributed by atoms with Crippen molar-refractivity contribution in [1.82, 2.24) is 13.7 Å². The van der Waals surface area contributed by atoms with Gasteiger partial charge in [-0.1, -0.05) is 188 Å². The van der Waals surface area contributed by atoms with Crippen LogP contribution in [0.5, 0.6) is 0 Å². The molecule has 0 fully saturated rings. The third-order valence-electron chi connectivity index (χ3n) is 16.6. The lowest BCUT2D eigenvalue weighted by Gasteiger charge is -2.18. The Hall–Kier alpha value is -10.2. The zero-order valence-electron chi connectivity index (χ0n) is 43.8. The molecule has 0 radical (unpaired) electrons. The summed E-state index contributed by atoms with van der Waals surface area (Å²) in [5, 5.41) is 12.5. The second-order valence-electron chi connectivity index (χ2n) is 21.4. The quantitative estimate of drug-likeness (QED) is 0.141. The van der Waals surface area contributed by atoms with Crippen molar-refractivity contribution >= 4 is 87.0 Å². The number of hydrogen-bond acceptors (Lipinski definition) is 0. The van der Waals surface area contributed by atoms with Crippen molar-refractivity contribution in [3.05, 3.63) is 284 Å². The molecule has 0 saturated heterocycles. The third-order valence-corrected chi connectivity index (χ3v) is 16.6. The van der Waals surface area contributed by atoms with E-state index in [4.69, 9.17) is 0 Å². The van der Waals surface area contributed by atoms with Gasteiger partial charge < -0.3 is 13.7 Å². The van der Waals surface area contributed by atoms with Crippen molar-refractivity contribution in [1.29, 1.82) is 0 Å². The van der Waals surface area contributed by atoms with Crippen LogP contribution in [0.4, 0.5) is 0 Å². The fourth-order valence-corrected chi connectivity index (χ4v) is 13.3. The molecule has 0 spiro atoms. The zero-order valence-corrected chi connectivity index (χ0v) is 43.8. The van der Waals surface area contributed by atoms with Gasteiger partial charge in [-0.25, -0.2) is 0 Å². The van der Waals surface area contributed by atoms with Gasteiger partial charge in [-0.05, 0) is 176 Å². The molecule has 3 aromatic heterocycles. The first-order chi connectivity index (χ1) is 39.0. The van der Waals surface area contributed by atoms with Crippen LogP contribution in [0.2, 0.25) is 0 Å². The number of para-hydroxylation sites is 4. The smallest absolute Gasteiger partial charge is 0.0541 e. The molecule has 0 aliphatic heterocycles. The van der Waals surface area contributed by atoms with Gasteiger partial charge in [0.05, 0.1) is 33.1 Å². The molecule has 0 aliphatic rings. The number of rotatable bonds is 7. The Morgan fingerprint density at radius 1 is 0.190 bits per heavy atom. The Morgan fingerprint density at radius 3 is 0.886 bits per heavy atom. The lowest BCUT2D eigenvalue weighted by molar-refractivity contribution is 1.17. The van der Waals surface area contributed by atoms with Gasteiger partial charge in [0, 0.05) is 49.4 Å². The van der Waals surface area contributed by atoms with Crippen LogP contribution in [0.3, 0.4) is 0 Å². The summed E-state index contributed by atoms with van der Waals surface area (Å²) >= 11 is 0. The highest BCUT2D eigenvalue weighted by Gasteiger charge is 2.21. The van der Waals surface area contributed by atoms with Crippen molar-refractivity contribution in [3.8, 4) is 61.6 Å². The second-order valence-corrected chi connectivity index (χ2v) is 21.4. The highest BCUT2D eigenvalue weighted by Crippen LogP contribution is 2.45. The van der Waals surface area contributed by atoms with Crippen LogP contribution in [0.25, 0.3) is 149 Å².